The van der Waals surface area contributed by atoms with E-state index in [1.165, 1.54) is 0 Å². The molecule has 5 nitrogen and oxygen atoms in total. The number of para-hydroxylation sites is 1. The molecule has 6 heteroatoms. The first-order valence-electron chi connectivity index (χ1n) is 7.51. The lowest BCUT2D eigenvalue weighted by molar-refractivity contribution is 0.148. The van der Waals surface area contributed by atoms with Crippen LogP contribution in [0, 0.1) is 11.3 Å². The lowest BCUT2D eigenvalue weighted by Crippen LogP contribution is -2.09. The van der Waals surface area contributed by atoms with E-state index in [1.807, 2.05) is 30.3 Å². The van der Waals surface area contributed by atoms with Gasteiger partial charge in [-0.15, -0.1) is 0 Å². The Balaban J connectivity index is 2.50. The third-order valence-corrected chi connectivity index (χ3v) is 5.24. The molecule has 1 heterocycles. The zero-order valence-electron chi connectivity index (χ0n) is 13.7. The molecule has 0 bridgehead atoms. The molecule has 0 atom stereocenters. The summed E-state index contributed by atoms with van der Waals surface area (Å²) in [4.78, 5) is 3.13. The van der Waals surface area contributed by atoms with Crippen LogP contribution < -0.4 is 0 Å². The van der Waals surface area contributed by atoms with Crippen molar-refractivity contribution in [2.45, 2.75) is 39.9 Å². The molecule has 2 aromatic rings. The molecule has 23 heavy (non-hydrogen) atoms. The van der Waals surface area contributed by atoms with Crippen molar-refractivity contribution < 1.29 is 13.6 Å². The molecule has 0 amide bonds. The van der Waals surface area contributed by atoms with E-state index in [-0.39, 0.29) is 17.5 Å². The van der Waals surface area contributed by atoms with Crippen molar-refractivity contribution in [1.82, 2.24) is 4.98 Å². The van der Waals surface area contributed by atoms with Gasteiger partial charge < -0.3 is 14.0 Å². The molecule has 0 saturated carbocycles. The average Bonchev–Trinajstić information content (AvgIpc) is 2.86. The van der Waals surface area contributed by atoms with Crippen LogP contribution in [0.2, 0.25) is 0 Å². The van der Waals surface area contributed by atoms with Crippen LogP contribution in [0.3, 0.4) is 0 Å². The van der Waals surface area contributed by atoms with Gasteiger partial charge in [0.2, 0.25) is 0 Å². The topological polar surface area (TPSA) is 75.1 Å². The molecule has 0 saturated heterocycles. The van der Waals surface area contributed by atoms with Gasteiger partial charge in [0, 0.05) is 22.7 Å². The number of nitrogens with one attached hydrogen (secondary N) is 1. The minimum atomic E-state index is -3.67. The van der Waals surface area contributed by atoms with Gasteiger partial charge in [-0.1, -0.05) is 18.2 Å². The predicted octanol–water partition coefficient (Wildman–Crippen LogP) is 5.08. The second-order valence-corrected chi connectivity index (χ2v) is 7.64. The van der Waals surface area contributed by atoms with Crippen LogP contribution in [0.15, 0.2) is 35.8 Å². The molecule has 0 radical (unpaired) electrons. The number of rotatable bonds is 6. The summed E-state index contributed by atoms with van der Waals surface area (Å²) in [5.41, 5.74) is 1.72. The van der Waals surface area contributed by atoms with Crippen molar-refractivity contribution in [1.29, 1.82) is 5.26 Å². The fraction of sp³-hybridized carbons (Fsp3) is 0.353. The fourth-order valence-electron chi connectivity index (χ4n) is 2.23. The lowest BCUT2D eigenvalue weighted by Gasteiger charge is -2.22. The monoisotopic (exact) mass is 332 g/mol. The Morgan fingerprint density at radius 1 is 1.22 bits per heavy atom. The first-order chi connectivity index (χ1) is 10.9. The van der Waals surface area contributed by atoms with E-state index in [0.717, 1.165) is 16.5 Å². The van der Waals surface area contributed by atoms with Gasteiger partial charge in [0.15, 0.2) is 0 Å². The highest BCUT2D eigenvalue weighted by atomic mass is 31.2. The van der Waals surface area contributed by atoms with Crippen molar-refractivity contribution in [2.75, 3.05) is 0 Å². The maximum Gasteiger partial charge on any atom is 0.372 e. The molecule has 122 valence electrons. The summed E-state index contributed by atoms with van der Waals surface area (Å²) >= 11 is 0. The van der Waals surface area contributed by atoms with Crippen LogP contribution in [0.4, 0.5) is 0 Å². The SMILES string of the molecule is CC(C)OP(=O)(OC(C)C)/C(C#N)=C/c1c[nH]c2ccccc12. The van der Waals surface area contributed by atoms with Gasteiger partial charge in [-0.3, -0.25) is 4.57 Å². The summed E-state index contributed by atoms with van der Waals surface area (Å²) in [5.74, 6) is 0. The van der Waals surface area contributed by atoms with E-state index in [2.05, 4.69) is 4.98 Å². The van der Waals surface area contributed by atoms with Gasteiger partial charge in [0.05, 0.1) is 12.2 Å². The summed E-state index contributed by atoms with van der Waals surface area (Å²) in [6.07, 6.45) is 2.71. The molecule has 2 rings (SSSR count). The Kier molecular flexibility index (Phi) is 5.43. The summed E-state index contributed by atoms with van der Waals surface area (Å²) in [5, 5.41) is 10.4. The Morgan fingerprint density at radius 2 is 1.83 bits per heavy atom. The number of nitrogens with zero attached hydrogens (tertiary/aromatic N) is 1. The molecule has 1 N–H and O–H groups in total. The first-order valence-corrected chi connectivity index (χ1v) is 9.05. The Labute approximate surface area is 136 Å². The maximum absolute atomic E-state index is 13.1. The molecule has 0 aliphatic heterocycles. The zero-order chi connectivity index (χ0) is 17.0. The molecule has 0 fully saturated rings. The zero-order valence-corrected chi connectivity index (χ0v) is 14.6. The highest BCUT2D eigenvalue weighted by Crippen LogP contribution is 2.58. The van der Waals surface area contributed by atoms with E-state index in [1.54, 1.807) is 40.0 Å². The smallest absolute Gasteiger partial charge is 0.361 e. The van der Waals surface area contributed by atoms with Crippen molar-refractivity contribution >= 4 is 24.6 Å². The van der Waals surface area contributed by atoms with Crippen molar-refractivity contribution in [2.24, 2.45) is 0 Å². The van der Waals surface area contributed by atoms with E-state index in [4.69, 9.17) is 9.05 Å². The first kappa shape index (κ1) is 17.5. The van der Waals surface area contributed by atoms with E-state index >= 15 is 0 Å². The van der Waals surface area contributed by atoms with Crippen LogP contribution in [-0.4, -0.2) is 17.2 Å². The Bertz CT molecular complexity index is 786. The highest BCUT2D eigenvalue weighted by Gasteiger charge is 2.33. The van der Waals surface area contributed by atoms with Gasteiger partial charge in [0.1, 0.15) is 11.4 Å². The van der Waals surface area contributed by atoms with Crippen LogP contribution >= 0.6 is 7.60 Å². The number of aromatic nitrogens is 1. The van der Waals surface area contributed by atoms with E-state index in [0.29, 0.717) is 0 Å². The number of fused-ring (bicyclic) bond motifs is 1. The molecule has 0 aliphatic carbocycles. The number of benzene rings is 1. The number of hydrogen-bond donors (Lipinski definition) is 1. The average molecular weight is 332 g/mol. The number of nitriles is 1. The van der Waals surface area contributed by atoms with E-state index < -0.39 is 7.60 Å². The third-order valence-electron chi connectivity index (χ3n) is 3.02. The number of H-pyrrole nitrogens is 1. The summed E-state index contributed by atoms with van der Waals surface area (Å²) in [6, 6.07) is 9.70. The molecular weight excluding hydrogens is 311 g/mol. The Hall–Kier alpha value is -1.86. The van der Waals surface area contributed by atoms with Crippen molar-refractivity contribution in [3.8, 4) is 6.07 Å². The predicted molar refractivity (Wildman–Crippen MR) is 91.9 cm³/mol. The summed E-state index contributed by atoms with van der Waals surface area (Å²) in [7, 11) is -3.67. The molecule has 1 aromatic carbocycles. The van der Waals surface area contributed by atoms with Gasteiger partial charge in [0.25, 0.3) is 0 Å². The second kappa shape index (κ2) is 7.14. The van der Waals surface area contributed by atoms with Gasteiger partial charge in [-0.05, 0) is 39.8 Å². The minimum absolute atomic E-state index is 0.00431. The summed E-state index contributed by atoms with van der Waals surface area (Å²) < 4.78 is 24.1. The number of hydrogen-bond acceptors (Lipinski definition) is 4. The molecule has 0 unspecified atom stereocenters. The van der Waals surface area contributed by atoms with Crippen molar-refractivity contribution in [3.05, 3.63) is 41.3 Å². The van der Waals surface area contributed by atoms with Crippen LogP contribution in [0.5, 0.6) is 0 Å². The third kappa shape index (κ3) is 4.11. The van der Waals surface area contributed by atoms with Crippen LogP contribution in [0.25, 0.3) is 17.0 Å². The van der Waals surface area contributed by atoms with Crippen molar-refractivity contribution in [3.63, 3.8) is 0 Å². The second-order valence-electron chi connectivity index (χ2n) is 5.74. The highest BCUT2D eigenvalue weighted by molar-refractivity contribution is 7.59. The van der Waals surface area contributed by atoms with Crippen LogP contribution in [-0.2, 0) is 13.6 Å². The lowest BCUT2D eigenvalue weighted by atomic mass is 10.1. The summed E-state index contributed by atoms with van der Waals surface area (Å²) in [6.45, 7) is 7.04. The fourth-order valence-corrected chi connectivity index (χ4v) is 4.03. The van der Waals surface area contributed by atoms with Gasteiger partial charge in [-0.25, -0.2) is 0 Å². The maximum atomic E-state index is 13.1. The van der Waals surface area contributed by atoms with Gasteiger partial charge >= 0.3 is 7.60 Å². The van der Waals surface area contributed by atoms with Gasteiger partial charge in [-0.2, -0.15) is 5.26 Å². The molecule has 1 aromatic heterocycles. The number of aromatic amines is 1. The quantitative estimate of drug-likeness (QED) is 0.591. The van der Waals surface area contributed by atoms with E-state index in [9.17, 15) is 9.83 Å². The van der Waals surface area contributed by atoms with Crippen LogP contribution in [0.1, 0.15) is 33.3 Å². The Morgan fingerprint density at radius 3 is 2.39 bits per heavy atom. The largest absolute Gasteiger partial charge is 0.372 e. The minimum Gasteiger partial charge on any atom is -0.361 e. The normalized spacial score (nSPS) is 13.0. The molecule has 0 spiro atoms. The molecule has 0 aliphatic rings. The molecular formula is C17H21N2O3P. The standard InChI is InChI=1S/C17H21N2O3P/c1-12(2)21-23(20,22-13(3)4)15(10-18)9-14-11-19-17-8-6-5-7-16(14)17/h5-9,11-13,19H,1-4H3/b15-9+. The number of allylic oxidation sites excluding steroid dienone is 1.